The van der Waals surface area contributed by atoms with Gasteiger partial charge in [-0.05, 0) is 56.5 Å². The van der Waals surface area contributed by atoms with Crippen LogP contribution in [0.1, 0.15) is 24.5 Å². The Morgan fingerprint density at radius 3 is 2.43 bits per heavy atom. The Morgan fingerprint density at radius 1 is 1.18 bits per heavy atom. The zero-order chi connectivity index (χ0) is 20.7. The van der Waals surface area contributed by atoms with E-state index in [0.29, 0.717) is 18.0 Å². The van der Waals surface area contributed by atoms with Crippen LogP contribution in [0.5, 0.6) is 5.75 Å². The van der Waals surface area contributed by atoms with Gasteiger partial charge in [-0.15, -0.1) is 0 Å². The van der Waals surface area contributed by atoms with Crippen molar-refractivity contribution in [2.45, 2.75) is 32.7 Å². The van der Waals surface area contributed by atoms with Gasteiger partial charge in [0.2, 0.25) is 15.9 Å². The second-order valence-corrected chi connectivity index (χ2v) is 8.68. The number of benzene rings is 2. The van der Waals surface area contributed by atoms with Crippen molar-refractivity contribution in [2.75, 3.05) is 24.2 Å². The molecule has 0 heterocycles. The average Bonchev–Trinajstić information content (AvgIpc) is 2.64. The number of nitrogens with zero attached hydrogens (tertiary/aromatic N) is 1. The highest BCUT2D eigenvalue weighted by Gasteiger charge is 2.28. The fourth-order valence-electron chi connectivity index (χ4n) is 3.06. The summed E-state index contributed by atoms with van der Waals surface area (Å²) in [6, 6.07) is 14.0. The average molecular weight is 405 g/mol. The molecule has 0 aliphatic heterocycles. The number of carbonyl (C=O) groups is 1. The number of carbonyl (C=O) groups excluding carboxylic acids is 1. The molecular weight excluding hydrogens is 376 g/mol. The number of methoxy groups -OCH3 is 1. The topological polar surface area (TPSA) is 75.7 Å². The number of rotatable bonds is 9. The van der Waals surface area contributed by atoms with E-state index in [4.69, 9.17) is 4.74 Å². The lowest BCUT2D eigenvalue weighted by molar-refractivity contribution is -0.121. The van der Waals surface area contributed by atoms with Crippen LogP contribution in [0.2, 0.25) is 0 Å². The summed E-state index contributed by atoms with van der Waals surface area (Å²) in [5.74, 6) is 0.288. The first-order valence-electron chi connectivity index (χ1n) is 9.19. The van der Waals surface area contributed by atoms with Crippen LogP contribution in [0, 0.1) is 6.92 Å². The lowest BCUT2D eigenvalue weighted by Crippen LogP contribution is -2.48. The monoisotopic (exact) mass is 404 g/mol. The van der Waals surface area contributed by atoms with Gasteiger partial charge in [-0.2, -0.15) is 0 Å². The first-order valence-corrected chi connectivity index (χ1v) is 11.0. The van der Waals surface area contributed by atoms with Gasteiger partial charge in [0.1, 0.15) is 11.8 Å². The molecule has 7 heteroatoms. The van der Waals surface area contributed by atoms with E-state index in [1.165, 1.54) is 18.2 Å². The predicted octanol–water partition coefficient (Wildman–Crippen LogP) is 2.91. The molecule has 1 N–H and O–H groups in total. The Kier molecular flexibility index (Phi) is 7.45. The van der Waals surface area contributed by atoms with E-state index in [1.807, 2.05) is 19.1 Å². The molecule has 0 radical (unpaired) electrons. The summed E-state index contributed by atoms with van der Waals surface area (Å²) in [4.78, 5) is 12.6. The van der Waals surface area contributed by atoms with Crippen molar-refractivity contribution in [3.8, 4) is 5.75 Å². The van der Waals surface area contributed by atoms with Gasteiger partial charge in [0.15, 0.2) is 0 Å². The molecule has 0 aliphatic rings. The number of aryl methyl sites for hydroxylation is 2. The summed E-state index contributed by atoms with van der Waals surface area (Å²) >= 11 is 0. The van der Waals surface area contributed by atoms with E-state index >= 15 is 0 Å². The van der Waals surface area contributed by atoms with Gasteiger partial charge in [-0.1, -0.05) is 29.8 Å². The fourth-order valence-corrected chi connectivity index (χ4v) is 4.23. The quantitative estimate of drug-likeness (QED) is 0.652. The molecule has 28 heavy (non-hydrogen) atoms. The summed E-state index contributed by atoms with van der Waals surface area (Å²) in [6.07, 6.45) is 2.73. The number of amides is 1. The molecule has 0 bridgehead atoms. The summed E-state index contributed by atoms with van der Waals surface area (Å²) < 4.78 is 30.8. The SMILES string of the molecule is COc1ccc(N([C@H](C)C(=O)NCCCc2cccc(C)c2)S(C)(=O)=O)cc1. The molecule has 1 amide bonds. The molecule has 0 aliphatic carbocycles. The second-order valence-electron chi connectivity index (χ2n) is 6.82. The summed E-state index contributed by atoms with van der Waals surface area (Å²) in [6.45, 7) is 4.12. The van der Waals surface area contributed by atoms with Gasteiger partial charge in [-0.3, -0.25) is 9.10 Å². The van der Waals surface area contributed by atoms with E-state index in [9.17, 15) is 13.2 Å². The predicted molar refractivity (Wildman–Crippen MR) is 112 cm³/mol. The maximum absolute atomic E-state index is 12.6. The van der Waals surface area contributed by atoms with Crippen molar-refractivity contribution in [2.24, 2.45) is 0 Å². The molecule has 1 atom stereocenters. The van der Waals surface area contributed by atoms with Crippen molar-refractivity contribution in [3.05, 3.63) is 59.7 Å². The first-order chi connectivity index (χ1) is 13.2. The zero-order valence-electron chi connectivity index (χ0n) is 16.8. The smallest absolute Gasteiger partial charge is 0.243 e. The van der Waals surface area contributed by atoms with E-state index in [-0.39, 0.29) is 5.91 Å². The molecule has 0 fully saturated rings. The maximum Gasteiger partial charge on any atom is 0.243 e. The summed E-state index contributed by atoms with van der Waals surface area (Å²) in [5, 5.41) is 2.84. The Bertz CT molecular complexity index is 895. The van der Waals surface area contributed by atoms with Crippen LogP contribution in [0.25, 0.3) is 0 Å². The fraction of sp³-hybridized carbons (Fsp3) is 0.381. The van der Waals surface area contributed by atoms with Crippen LogP contribution in [-0.4, -0.2) is 40.3 Å². The van der Waals surface area contributed by atoms with Gasteiger partial charge in [0.05, 0.1) is 19.1 Å². The third kappa shape index (κ3) is 5.99. The minimum Gasteiger partial charge on any atom is -0.497 e. The van der Waals surface area contributed by atoms with Gasteiger partial charge in [0.25, 0.3) is 0 Å². The Labute approximate surface area is 167 Å². The van der Waals surface area contributed by atoms with Crippen LogP contribution in [0.4, 0.5) is 5.69 Å². The van der Waals surface area contributed by atoms with Crippen LogP contribution < -0.4 is 14.4 Å². The Morgan fingerprint density at radius 2 is 1.86 bits per heavy atom. The van der Waals surface area contributed by atoms with Crippen LogP contribution in [0.3, 0.4) is 0 Å². The summed E-state index contributed by atoms with van der Waals surface area (Å²) in [7, 11) is -2.09. The van der Waals surface area contributed by atoms with Crippen molar-refractivity contribution in [3.63, 3.8) is 0 Å². The molecule has 0 unspecified atom stereocenters. The van der Waals surface area contributed by atoms with Crippen LogP contribution in [0.15, 0.2) is 48.5 Å². The Hall–Kier alpha value is -2.54. The number of hydrogen-bond acceptors (Lipinski definition) is 4. The number of hydrogen-bond donors (Lipinski definition) is 1. The standard InChI is InChI=1S/C21H28N2O4S/c1-16-7-5-8-18(15-16)9-6-14-22-21(24)17(2)23(28(4,25)26)19-10-12-20(27-3)13-11-19/h5,7-8,10-13,15,17H,6,9,14H2,1-4H3,(H,22,24)/t17-/m1/s1. The van der Waals surface area contributed by atoms with E-state index < -0.39 is 16.1 Å². The van der Waals surface area contributed by atoms with Crippen molar-refractivity contribution in [1.29, 1.82) is 0 Å². The van der Waals surface area contributed by atoms with Crippen molar-refractivity contribution < 1.29 is 17.9 Å². The molecule has 2 rings (SSSR count). The second kappa shape index (κ2) is 9.59. The third-order valence-electron chi connectivity index (χ3n) is 4.44. The summed E-state index contributed by atoms with van der Waals surface area (Å²) in [5.41, 5.74) is 2.85. The molecule has 0 saturated carbocycles. The van der Waals surface area contributed by atoms with Crippen molar-refractivity contribution >= 4 is 21.6 Å². The maximum atomic E-state index is 12.6. The normalized spacial score (nSPS) is 12.3. The van der Waals surface area contributed by atoms with Gasteiger partial charge in [-0.25, -0.2) is 8.42 Å². The van der Waals surface area contributed by atoms with E-state index in [0.717, 1.165) is 23.4 Å². The molecule has 0 spiro atoms. The first kappa shape index (κ1) is 21.8. The van der Waals surface area contributed by atoms with E-state index in [1.54, 1.807) is 31.2 Å². The lowest BCUT2D eigenvalue weighted by atomic mass is 10.1. The number of ether oxygens (including phenoxy) is 1. The highest BCUT2D eigenvalue weighted by molar-refractivity contribution is 7.92. The van der Waals surface area contributed by atoms with Gasteiger partial charge < -0.3 is 10.1 Å². The number of anilines is 1. The minimum atomic E-state index is -3.63. The molecule has 0 saturated heterocycles. The zero-order valence-corrected chi connectivity index (χ0v) is 17.6. The number of nitrogens with one attached hydrogen (secondary N) is 1. The molecule has 6 nitrogen and oxygen atoms in total. The molecule has 152 valence electrons. The van der Waals surface area contributed by atoms with E-state index in [2.05, 4.69) is 17.4 Å². The van der Waals surface area contributed by atoms with Gasteiger partial charge in [0, 0.05) is 6.54 Å². The molecule has 0 aromatic heterocycles. The minimum absolute atomic E-state index is 0.328. The Balaban J connectivity index is 1.99. The molecular formula is C21H28N2O4S. The number of sulfonamides is 1. The van der Waals surface area contributed by atoms with Crippen LogP contribution >= 0.6 is 0 Å². The molecule has 2 aromatic carbocycles. The third-order valence-corrected chi connectivity index (χ3v) is 5.68. The van der Waals surface area contributed by atoms with Gasteiger partial charge >= 0.3 is 0 Å². The largest absolute Gasteiger partial charge is 0.497 e. The molecule has 2 aromatic rings. The highest BCUT2D eigenvalue weighted by atomic mass is 32.2. The van der Waals surface area contributed by atoms with Crippen LogP contribution in [-0.2, 0) is 21.2 Å². The lowest BCUT2D eigenvalue weighted by Gasteiger charge is -2.28. The van der Waals surface area contributed by atoms with Crippen molar-refractivity contribution in [1.82, 2.24) is 5.32 Å². The highest BCUT2D eigenvalue weighted by Crippen LogP contribution is 2.23.